The Kier molecular flexibility index (Phi) is 3.69. The normalized spacial score (nSPS) is 13.7. The monoisotopic (exact) mass is 185 g/mol. The summed E-state index contributed by atoms with van der Waals surface area (Å²) in [7, 11) is 1.76. The smallest absolute Gasteiger partial charge is 0.0931 e. The number of ether oxygens (including phenoxy) is 1. The van der Waals surface area contributed by atoms with Crippen LogP contribution in [0.4, 0.5) is 0 Å². The third kappa shape index (κ3) is 2.57. The molecule has 0 aliphatic rings. The second-order valence-electron chi connectivity index (χ2n) is 3.26. The van der Waals surface area contributed by atoms with Crippen molar-refractivity contribution >= 4 is 11.3 Å². The van der Waals surface area contributed by atoms with Gasteiger partial charge in [-0.2, -0.15) is 0 Å². The van der Waals surface area contributed by atoms with Crippen LogP contribution in [-0.4, -0.2) is 12.1 Å². The fourth-order valence-corrected chi connectivity index (χ4v) is 1.85. The zero-order valence-corrected chi connectivity index (χ0v) is 8.60. The summed E-state index contributed by atoms with van der Waals surface area (Å²) in [5.74, 6) is 0.664. The molecule has 0 N–H and O–H groups in total. The highest BCUT2D eigenvalue weighted by Gasteiger charge is 2.13. The zero-order valence-electron chi connectivity index (χ0n) is 7.78. The summed E-state index contributed by atoms with van der Waals surface area (Å²) < 4.78 is 5.38. The average molecular weight is 185 g/mol. The maximum atomic E-state index is 5.38. The van der Waals surface area contributed by atoms with E-state index >= 15 is 0 Å². The second-order valence-corrected chi connectivity index (χ2v) is 4.18. The Morgan fingerprint density at radius 2 is 2.33 bits per heavy atom. The lowest BCUT2D eigenvalue weighted by atomic mass is 10.1. The van der Waals surface area contributed by atoms with Gasteiger partial charge in [0.2, 0.25) is 0 Å². The number of nitrogens with zero attached hydrogens (tertiary/aromatic N) is 1. The van der Waals surface area contributed by atoms with Crippen LogP contribution in [0.1, 0.15) is 31.2 Å². The van der Waals surface area contributed by atoms with Crippen molar-refractivity contribution in [1.29, 1.82) is 0 Å². The number of methoxy groups -OCH3 is 1. The van der Waals surface area contributed by atoms with Gasteiger partial charge < -0.3 is 4.74 Å². The molecule has 0 spiro atoms. The van der Waals surface area contributed by atoms with E-state index < -0.39 is 0 Å². The number of hydrogen-bond donors (Lipinski definition) is 0. The molecule has 0 bridgehead atoms. The fourth-order valence-electron chi connectivity index (χ4n) is 1.14. The Balaban J connectivity index is 2.57. The molecule has 1 atom stereocenters. The SMILES string of the molecule is COC(CC(C)C)c1cncs1. The molecule has 1 unspecified atom stereocenters. The standard InChI is InChI=1S/C9H15NOS/c1-7(2)4-8(11-3)9-5-10-6-12-9/h5-8H,4H2,1-3H3. The number of aromatic nitrogens is 1. The molecule has 0 fully saturated rings. The summed E-state index contributed by atoms with van der Waals surface area (Å²) in [6.45, 7) is 4.40. The van der Waals surface area contributed by atoms with Crippen LogP contribution in [0.5, 0.6) is 0 Å². The molecule has 0 saturated heterocycles. The van der Waals surface area contributed by atoms with E-state index in [0.717, 1.165) is 6.42 Å². The Hall–Kier alpha value is -0.410. The highest BCUT2D eigenvalue weighted by molar-refractivity contribution is 7.09. The van der Waals surface area contributed by atoms with Crippen LogP contribution < -0.4 is 0 Å². The van der Waals surface area contributed by atoms with Crippen molar-refractivity contribution in [3.8, 4) is 0 Å². The molecule has 0 aliphatic carbocycles. The van der Waals surface area contributed by atoms with Crippen molar-refractivity contribution in [2.24, 2.45) is 5.92 Å². The number of thiazole rings is 1. The van der Waals surface area contributed by atoms with Crippen molar-refractivity contribution in [2.75, 3.05) is 7.11 Å². The summed E-state index contributed by atoms with van der Waals surface area (Å²) in [6, 6.07) is 0. The van der Waals surface area contributed by atoms with E-state index in [-0.39, 0.29) is 6.10 Å². The molecule has 0 radical (unpaired) electrons. The topological polar surface area (TPSA) is 22.1 Å². The van der Waals surface area contributed by atoms with Crippen LogP contribution in [0.2, 0.25) is 0 Å². The maximum absolute atomic E-state index is 5.38. The predicted octanol–water partition coefficient (Wildman–Crippen LogP) is 2.88. The van der Waals surface area contributed by atoms with E-state index in [2.05, 4.69) is 18.8 Å². The van der Waals surface area contributed by atoms with Gasteiger partial charge in [0.05, 0.1) is 16.5 Å². The van der Waals surface area contributed by atoms with E-state index in [1.165, 1.54) is 4.88 Å². The zero-order chi connectivity index (χ0) is 8.97. The highest BCUT2D eigenvalue weighted by atomic mass is 32.1. The third-order valence-electron chi connectivity index (χ3n) is 1.74. The molecule has 68 valence electrons. The quantitative estimate of drug-likeness (QED) is 0.719. The fraction of sp³-hybridized carbons (Fsp3) is 0.667. The van der Waals surface area contributed by atoms with Gasteiger partial charge in [-0.3, -0.25) is 4.98 Å². The lowest BCUT2D eigenvalue weighted by Gasteiger charge is -2.14. The largest absolute Gasteiger partial charge is 0.376 e. The number of rotatable bonds is 4. The van der Waals surface area contributed by atoms with Crippen molar-refractivity contribution in [3.63, 3.8) is 0 Å². The van der Waals surface area contributed by atoms with Gasteiger partial charge in [0.25, 0.3) is 0 Å². The Bertz CT molecular complexity index is 208. The Labute approximate surface area is 77.6 Å². The molecule has 1 aromatic heterocycles. The van der Waals surface area contributed by atoms with Gasteiger partial charge in [0, 0.05) is 13.3 Å². The van der Waals surface area contributed by atoms with Gasteiger partial charge in [-0.05, 0) is 12.3 Å². The summed E-state index contributed by atoms with van der Waals surface area (Å²) in [5.41, 5.74) is 1.85. The van der Waals surface area contributed by atoms with Gasteiger partial charge in [-0.15, -0.1) is 11.3 Å². The van der Waals surface area contributed by atoms with E-state index in [9.17, 15) is 0 Å². The average Bonchev–Trinajstić information content (AvgIpc) is 2.51. The second kappa shape index (κ2) is 4.58. The van der Waals surface area contributed by atoms with Gasteiger partial charge in [0.15, 0.2) is 0 Å². The van der Waals surface area contributed by atoms with E-state index in [4.69, 9.17) is 4.74 Å². The first-order valence-corrected chi connectivity index (χ1v) is 5.03. The van der Waals surface area contributed by atoms with Crippen molar-refractivity contribution in [2.45, 2.75) is 26.4 Å². The highest BCUT2D eigenvalue weighted by Crippen LogP contribution is 2.26. The first-order valence-electron chi connectivity index (χ1n) is 4.15. The molecule has 0 aliphatic heterocycles. The minimum Gasteiger partial charge on any atom is -0.376 e. The van der Waals surface area contributed by atoms with Crippen LogP contribution in [0, 0.1) is 5.92 Å². The Morgan fingerprint density at radius 3 is 2.75 bits per heavy atom. The first kappa shape index (κ1) is 9.68. The van der Waals surface area contributed by atoms with Crippen molar-refractivity contribution in [3.05, 3.63) is 16.6 Å². The summed E-state index contributed by atoms with van der Waals surface area (Å²) in [6.07, 6.45) is 3.19. The third-order valence-corrected chi connectivity index (χ3v) is 2.61. The minimum atomic E-state index is 0.234. The lowest BCUT2D eigenvalue weighted by Crippen LogP contribution is -2.03. The van der Waals surface area contributed by atoms with Gasteiger partial charge in [0.1, 0.15) is 0 Å². The van der Waals surface area contributed by atoms with E-state index in [1.807, 2.05) is 11.7 Å². The number of hydrogen-bond acceptors (Lipinski definition) is 3. The molecule has 1 aromatic rings. The molecule has 1 rings (SSSR count). The molecule has 3 heteroatoms. The molecule has 0 saturated carbocycles. The van der Waals surface area contributed by atoms with Crippen LogP contribution >= 0.6 is 11.3 Å². The molecule has 1 heterocycles. The predicted molar refractivity (Wildman–Crippen MR) is 51.3 cm³/mol. The molecule has 2 nitrogen and oxygen atoms in total. The van der Waals surface area contributed by atoms with Crippen LogP contribution in [0.15, 0.2) is 11.7 Å². The molecule has 12 heavy (non-hydrogen) atoms. The van der Waals surface area contributed by atoms with Gasteiger partial charge in [-0.1, -0.05) is 13.8 Å². The molecule has 0 amide bonds. The summed E-state index contributed by atoms with van der Waals surface area (Å²) >= 11 is 1.66. The lowest BCUT2D eigenvalue weighted by molar-refractivity contribution is 0.0872. The van der Waals surface area contributed by atoms with Gasteiger partial charge in [-0.25, -0.2) is 0 Å². The molecular formula is C9H15NOS. The van der Waals surface area contributed by atoms with Crippen molar-refractivity contribution < 1.29 is 4.74 Å². The Morgan fingerprint density at radius 1 is 1.58 bits per heavy atom. The summed E-state index contributed by atoms with van der Waals surface area (Å²) in [4.78, 5) is 5.26. The summed E-state index contributed by atoms with van der Waals surface area (Å²) in [5, 5.41) is 0. The van der Waals surface area contributed by atoms with Crippen LogP contribution in [-0.2, 0) is 4.74 Å². The molecule has 0 aromatic carbocycles. The van der Waals surface area contributed by atoms with E-state index in [1.54, 1.807) is 18.4 Å². The van der Waals surface area contributed by atoms with Crippen molar-refractivity contribution in [1.82, 2.24) is 4.98 Å². The van der Waals surface area contributed by atoms with Crippen LogP contribution in [0.25, 0.3) is 0 Å². The molecular weight excluding hydrogens is 170 g/mol. The first-order chi connectivity index (χ1) is 5.74. The van der Waals surface area contributed by atoms with E-state index in [0.29, 0.717) is 5.92 Å². The van der Waals surface area contributed by atoms with Crippen LogP contribution in [0.3, 0.4) is 0 Å². The minimum absolute atomic E-state index is 0.234. The van der Waals surface area contributed by atoms with Gasteiger partial charge >= 0.3 is 0 Å². The maximum Gasteiger partial charge on any atom is 0.0931 e.